The summed E-state index contributed by atoms with van der Waals surface area (Å²) >= 11 is 0. The van der Waals surface area contributed by atoms with Gasteiger partial charge in [0.15, 0.2) is 0 Å². The van der Waals surface area contributed by atoms with E-state index in [0.717, 1.165) is 5.56 Å². The molecule has 1 aromatic rings. The first-order valence-corrected chi connectivity index (χ1v) is 6.66. The zero-order valence-electron chi connectivity index (χ0n) is 12.2. The Morgan fingerprint density at radius 1 is 1.15 bits per heavy atom. The van der Waals surface area contributed by atoms with Crippen LogP contribution in [-0.4, -0.2) is 38.5 Å². The number of hydrogen-bond acceptors (Lipinski definition) is 4. The molecule has 0 amide bonds. The Balaban J connectivity index is 2.24. The van der Waals surface area contributed by atoms with E-state index in [9.17, 15) is 4.79 Å². The molecule has 4 nitrogen and oxygen atoms in total. The van der Waals surface area contributed by atoms with E-state index < -0.39 is 0 Å². The molecule has 0 aromatic heterocycles. The van der Waals surface area contributed by atoms with E-state index in [0.29, 0.717) is 6.61 Å². The second kappa shape index (κ2) is 9.28. The number of carbonyl (C=O) groups is 1. The number of carbonyl (C=O) groups excluding carboxylic acids is 1. The maximum Gasteiger partial charge on any atom is 0.330 e. The summed E-state index contributed by atoms with van der Waals surface area (Å²) in [6, 6.07) is 9.59. The molecule has 0 saturated carbocycles. The maximum absolute atomic E-state index is 11.5. The monoisotopic (exact) mass is 278 g/mol. The number of benzene rings is 1. The largest absolute Gasteiger partial charge is 0.460 e. The van der Waals surface area contributed by atoms with E-state index >= 15 is 0 Å². The van der Waals surface area contributed by atoms with Crippen LogP contribution in [0.4, 0.5) is 0 Å². The Bertz CT molecular complexity index is 414. The van der Waals surface area contributed by atoms with Gasteiger partial charge in [-0.15, -0.1) is 0 Å². The Labute approximate surface area is 120 Å². The van der Waals surface area contributed by atoms with Crippen LogP contribution < -0.4 is 0 Å². The Hall–Kier alpha value is -1.65. The Morgan fingerprint density at radius 2 is 1.85 bits per heavy atom. The van der Waals surface area contributed by atoms with Crippen molar-refractivity contribution in [3.63, 3.8) is 0 Å². The summed E-state index contributed by atoms with van der Waals surface area (Å²) in [5.41, 5.74) is 0.961. The van der Waals surface area contributed by atoms with Crippen molar-refractivity contribution in [1.29, 1.82) is 0 Å². The molecule has 2 unspecified atom stereocenters. The molecule has 0 spiro atoms. The molecule has 0 fully saturated rings. The van der Waals surface area contributed by atoms with E-state index in [2.05, 4.69) is 0 Å². The number of esters is 1. The number of ether oxygens (including phenoxy) is 3. The van der Waals surface area contributed by atoms with Crippen LogP contribution in [0.1, 0.15) is 19.4 Å². The van der Waals surface area contributed by atoms with Gasteiger partial charge in [0, 0.05) is 13.2 Å². The van der Waals surface area contributed by atoms with Crippen LogP contribution in [0, 0.1) is 0 Å². The second-order valence-electron chi connectivity index (χ2n) is 4.56. The average molecular weight is 278 g/mol. The Morgan fingerprint density at radius 3 is 2.50 bits per heavy atom. The van der Waals surface area contributed by atoms with Crippen LogP contribution >= 0.6 is 0 Å². The molecule has 0 aliphatic carbocycles. The molecule has 0 radical (unpaired) electrons. The van der Waals surface area contributed by atoms with Crippen molar-refractivity contribution in [2.24, 2.45) is 0 Å². The first kappa shape index (κ1) is 16.4. The lowest BCUT2D eigenvalue weighted by atomic mass is 10.2. The molecule has 0 saturated heterocycles. The summed E-state index contributed by atoms with van der Waals surface area (Å²) in [7, 11) is 1.63. The molecule has 2 atom stereocenters. The lowest BCUT2D eigenvalue weighted by Crippen LogP contribution is -2.23. The van der Waals surface area contributed by atoms with Gasteiger partial charge in [0.25, 0.3) is 0 Å². The summed E-state index contributed by atoms with van der Waals surface area (Å²) in [5, 5.41) is 0. The fraction of sp³-hybridized carbons (Fsp3) is 0.438. The van der Waals surface area contributed by atoms with Gasteiger partial charge in [0.05, 0.1) is 18.8 Å². The van der Waals surface area contributed by atoms with Gasteiger partial charge in [-0.1, -0.05) is 30.3 Å². The van der Waals surface area contributed by atoms with Crippen molar-refractivity contribution in [1.82, 2.24) is 0 Å². The van der Waals surface area contributed by atoms with E-state index in [4.69, 9.17) is 14.2 Å². The van der Waals surface area contributed by atoms with Crippen molar-refractivity contribution >= 4 is 12.0 Å². The van der Waals surface area contributed by atoms with E-state index in [1.54, 1.807) is 13.2 Å². The third kappa shape index (κ3) is 7.07. The minimum Gasteiger partial charge on any atom is -0.460 e. The lowest BCUT2D eigenvalue weighted by Gasteiger charge is -2.15. The van der Waals surface area contributed by atoms with Crippen LogP contribution in [0.5, 0.6) is 0 Å². The van der Waals surface area contributed by atoms with Gasteiger partial charge in [-0.05, 0) is 25.5 Å². The molecule has 110 valence electrons. The van der Waals surface area contributed by atoms with Gasteiger partial charge in [-0.2, -0.15) is 0 Å². The predicted molar refractivity (Wildman–Crippen MR) is 78.3 cm³/mol. The minimum atomic E-state index is -0.371. The zero-order chi connectivity index (χ0) is 14.8. The summed E-state index contributed by atoms with van der Waals surface area (Å²) in [5.74, 6) is -0.371. The van der Waals surface area contributed by atoms with Crippen LogP contribution in [0.3, 0.4) is 0 Å². The van der Waals surface area contributed by atoms with Crippen LogP contribution in [0.15, 0.2) is 36.4 Å². The second-order valence-corrected chi connectivity index (χ2v) is 4.56. The molecule has 1 rings (SSSR count). The standard InChI is InChI=1S/C16H22O4/c1-13(18-3)11-19-14(2)12-20-16(17)10-9-15-7-5-4-6-8-15/h4-10,13-14H,11-12H2,1-3H3. The third-order valence-corrected chi connectivity index (χ3v) is 2.69. The van der Waals surface area contributed by atoms with Crippen molar-refractivity contribution in [2.75, 3.05) is 20.3 Å². The first-order valence-electron chi connectivity index (χ1n) is 6.66. The molecule has 0 bridgehead atoms. The van der Waals surface area contributed by atoms with Crippen molar-refractivity contribution in [2.45, 2.75) is 26.1 Å². The quantitative estimate of drug-likeness (QED) is 0.542. The van der Waals surface area contributed by atoms with Gasteiger partial charge in [0.1, 0.15) is 6.61 Å². The number of methoxy groups -OCH3 is 1. The van der Waals surface area contributed by atoms with Gasteiger partial charge in [0.2, 0.25) is 0 Å². The van der Waals surface area contributed by atoms with Crippen molar-refractivity contribution < 1.29 is 19.0 Å². The summed E-state index contributed by atoms with van der Waals surface area (Å²) in [4.78, 5) is 11.5. The van der Waals surface area contributed by atoms with Crippen LogP contribution in [0.25, 0.3) is 6.08 Å². The van der Waals surface area contributed by atoms with Gasteiger partial charge in [-0.3, -0.25) is 0 Å². The topological polar surface area (TPSA) is 44.8 Å². The van der Waals surface area contributed by atoms with Crippen LogP contribution in [-0.2, 0) is 19.0 Å². The highest BCUT2D eigenvalue weighted by atomic mass is 16.6. The fourth-order valence-corrected chi connectivity index (χ4v) is 1.39. The van der Waals surface area contributed by atoms with Gasteiger partial charge < -0.3 is 14.2 Å². The summed E-state index contributed by atoms with van der Waals surface area (Å²) < 4.78 is 15.7. The molecule has 4 heteroatoms. The van der Waals surface area contributed by atoms with Crippen molar-refractivity contribution in [3.05, 3.63) is 42.0 Å². The summed E-state index contributed by atoms with van der Waals surface area (Å²) in [6.07, 6.45) is 3.02. The molecule has 20 heavy (non-hydrogen) atoms. The molecular weight excluding hydrogens is 256 g/mol. The SMILES string of the molecule is COC(C)COC(C)COC(=O)C=Cc1ccccc1. The molecule has 0 N–H and O–H groups in total. The first-order chi connectivity index (χ1) is 9.61. The average Bonchev–Trinajstić information content (AvgIpc) is 2.49. The number of rotatable bonds is 8. The van der Waals surface area contributed by atoms with Gasteiger partial charge in [-0.25, -0.2) is 4.79 Å². The van der Waals surface area contributed by atoms with E-state index in [-0.39, 0.29) is 24.8 Å². The Kier molecular flexibility index (Phi) is 7.62. The van der Waals surface area contributed by atoms with E-state index in [1.807, 2.05) is 44.2 Å². The highest BCUT2D eigenvalue weighted by molar-refractivity contribution is 5.87. The predicted octanol–water partition coefficient (Wildman–Crippen LogP) is 2.68. The lowest BCUT2D eigenvalue weighted by molar-refractivity contribution is -0.142. The maximum atomic E-state index is 11.5. The zero-order valence-corrected chi connectivity index (χ0v) is 12.2. The van der Waals surface area contributed by atoms with Crippen LogP contribution in [0.2, 0.25) is 0 Å². The molecule has 0 aliphatic rings. The fourth-order valence-electron chi connectivity index (χ4n) is 1.39. The molecule has 0 aliphatic heterocycles. The van der Waals surface area contributed by atoms with Crippen molar-refractivity contribution in [3.8, 4) is 0 Å². The highest BCUT2D eigenvalue weighted by Gasteiger charge is 2.07. The van der Waals surface area contributed by atoms with E-state index in [1.165, 1.54) is 6.08 Å². The molecule has 1 aromatic carbocycles. The highest BCUT2D eigenvalue weighted by Crippen LogP contribution is 2.02. The van der Waals surface area contributed by atoms with Gasteiger partial charge >= 0.3 is 5.97 Å². The number of hydrogen-bond donors (Lipinski definition) is 0. The minimum absolute atomic E-state index is 0.0335. The molecular formula is C16H22O4. The third-order valence-electron chi connectivity index (χ3n) is 2.69. The normalized spacial score (nSPS) is 14.2. The smallest absolute Gasteiger partial charge is 0.330 e. The summed E-state index contributed by atoms with van der Waals surface area (Å²) in [6.45, 7) is 4.49. The molecule has 0 heterocycles.